The molecule has 5 heteroatoms. The van der Waals surface area contributed by atoms with Crippen LogP contribution in [-0.4, -0.2) is 18.1 Å². The van der Waals surface area contributed by atoms with Crippen LogP contribution in [0.4, 0.5) is 4.39 Å². The van der Waals surface area contributed by atoms with E-state index in [1.807, 2.05) is 30.3 Å². The molecule has 1 amide bonds. The van der Waals surface area contributed by atoms with Crippen molar-refractivity contribution in [3.8, 4) is 11.1 Å². The van der Waals surface area contributed by atoms with Gasteiger partial charge >= 0.3 is 0 Å². The Morgan fingerprint density at radius 1 is 1.18 bits per heavy atom. The second-order valence-corrected chi connectivity index (χ2v) is 7.39. The van der Waals surface area contributed by atoms with Crippen LogP contribution in [0, 0.1) is 3.57 Å². The molecule has 0 atom stereocenters. The van der Waals surface area contributed by atoms with E-state index in [0.29, 0.717) is 10.6 Å². The highest BCUT2D eigenvalue weighted by Gasteiger charge is 2.21. The molecule has 0 aromatic heterocycles. The predicted octanol–water partition coefficient (Wildman–Crippen LogP) is 5.09. The summed E-state index contributed by atoms with van der Waals surface area (Å²) >= 11 is 8.06. The first-order valence-electron chi connectivity index (χ1n) is 6.76. The van der Waals surface area contributed by atoms with Crippen molar-refractivity contribution in [2.24, 2.45) is 0 Å². The number of amides is 1. The molecule has 2 rings (SSSR count). The molecule has 0 radical (unpaired) electrons. The minimum absolute atomic E-state index is 0.281. The fraction of sp³-hybridized carbons (Fsp3) is 0.235. The zero-order valence-electron chi connectivity index (χ0n) is 12.3. The number of halogens is 3. The molecule has 2 nitrogen and oxygen atoms in total. The normalized spacial score (nSPS) is 11.3. The van der Waals surface area contributed by atoms with Gasteiger partial charge in [0.15, 0.2) is 0 Å². The maximum absolute atomic E-state index is 12.9. The number of benzene rings is 2. The average molecular weight is 432 g/mol. The van der Waals surface area contributed by atoms with E-state index in [0.717, 1.165) is 14.7 Å². The zero-order chi connectivity index (χ0) is 16.3. The Hall–Kier alpha value is -1.14. The van der Waals surface area contributed by atoms with Crippen molar-refractivity contribution in [2.75, 3.05) is 6.67 Å². The highest BCUT2D eigenvalue weighted by atomic mass is 127. The first kappa shape index (κ1) is 17.2. The number of carbonyl (C=O) groups is 1. The molecule has 0 unspecified atom stereocenters. The van der Waals surface area contributed by atoms with Crippen LogP contribution in [0.25, 0.3) is 11.1 Å². The molecule has 0 fully saturated rings. The van der Waals surface area contributed by atoms with Gasteiger partial charge in [0.25, 0.3) is 5.91 Å². The van der Waals surface area contributed by atoms with E-state index in [9.17, 15) is 9.18 Å². The lowest BCUT2D eigenvalue weighted by Gasteiger charge is -2.22. The van der Waals surface area contributed by atoms with Crippen LogP contribution in [-0.2, 0) is 0 Å². The number of hydrogen-bond acceptors (Lipinski definition) is 1. The zero-order valence-corrected chi connectivity index (χ0v) is 15.2. The van der Waals surface area contributed by atoms with Crippen LogP contribution in [0.3, 0.4) is 0 Å². The molecule has 0 aliphatic heterocycles. The number of hydrogen-bond donors (Lipinski definition) is 1. The van der Waals surface area contributed by atoms with Gasteiger partial charge in [-0.3, -0.25) is 4.79 Å². The Balaban J connectivity index is 2.34. The number of alkyl halides is 1. The number of carbonyl (C=O) groups excluding carboxylic acids is 1. The van der Waals surface area contributed by atoms with Gasteiger partial charge in [-0.1, -0.05) is 23.7 Å². The lowest BCUT2D eigenvalue weighted by Crippen LogP contribution is -2.45. The van der Waals surface area contributed by atoms with Gasteiger partial charge in [0.1, 0.15) is 6.67 Å². The summed E-state index contributed by atoms with van der Waals surface area (Å²) in [6.45, 7) is 2.69. The van der Waals surface area contributed by atoms with E-state index in [4.69, 9.17) is 11.6 Å². The van der Waals surface area contributed by atoms with Gasteiger partial charge < -0.3 is 5.32 Å². The molecule has 0 saturated heterocycles. The van der Waals surface area contributed by atoms with Crippen molar-refractivity contribution >= 4 is 40.1 Å². The molecule has 0 saturated carbocycles. The summed E-state index contributed by atoms with van der Waals surface area (Å²) in [7, 11) is 0. The van der Waals surface area contributed by atoms with Crippen molar-refractivity contribution < 1.29 is 9.18 Å². The maximum Gasteiger partial charge on any atom is 0.251 e. The SMILES string of the molecule is CC(C)(CF)NC(=O)c1cc(I)cc(-c2ccc(Cl)cc2)c1. The van der Waals surface area contributed by atoms with Gasteiger partial charge in [-0.25, -0.2) is 4.39 Å². The first-order valence-corrected chi connectivity index (χ1v) is 8.21. The van der Waals surface area contributed by atoms with Crippen LogP contribution in [0.2, 0.25) is 5.02 Å². The summed E-state index contributed by atoms with van der Waals surface area (Å²) < 4.78 is 13.8. The van der Waals surface area contributed by atoms with Crippen molar-refractivity contribution in [3.63, 3.8) is 0 Å². The highest BCUT2D eigenvalue weighted by molar-refractivity contribution is 14.1. The topological polar surface area (TPSA) is 29.1 Å². The molecule has 1 N–H and O–H groups in total. The average Bonchev–Trinajstić information content (AvgIpc) is 2.47. The molecular weight excluding hydrogens is 416 g/mol. The molecule has 0 aliphatic carbocycles. The minimum atomic E-state index is -0.876. The highest BCUT2D eigenvalue weighted by Crippen LogP contribution is 2.25. The molecular formula is C17H16ClFINO. The quantitative estimate of drug-likeness (QED) is 0.671. The third-order valence-electron chi connectivity index (χ3n) is 3.12. The van der Waals surface area contributed by atoms with Gasteiger partial charge in [0.2, 0.25) is 0 Å². The fourth-order valence-electron chi connectivity index (χ4n) is 1.94. The van der Waals surface area contributed by atoms with Crippen LogP contribution in [0.5, 0.6) is 0 Å². The fourth-order valence-corrected chi connectivity index (χ4v) is 2.74. The van der Waals surface area contributed by atoms with Crippen LogP contribution < -0.4 is 5.32 Å². The van der Waals surface area contributed by atoms with Crippen molar-refractivity contribution in [2.45, 2.75) is 19.4 Å². The lowest BCUT2D eigenvalue weighted by atomic mass is 10.0. The third kappa shape index (κ3) is 4.43. The van der Waals surface area contributed by atoms with Crippen LogP contribution in [0.15, 0.2) is 42.5 Å². The predicted molar refractivity (Wildman–Crippen MR) is 97.1 cm³/mol. The first-order chi connectivity index (χ1) is 10.3. The standard InChI is InChI=1S/C17H16ClFINO/c1-17(2,10-19)21-16(22)13-7-12(8-15(20)9-13)11-3-5-14(18)6-4-11/h3-9H,10H2,1-2H3,(H,21,22). The summed E-state index contributed by atoms with van der Waals surface area (Å²) in [5, 5.41) is 3.36. The summed E-state index contributed by atoms with van der Waals surface area (Å²) in [5.41, 5.74) is 1.53. The Bertz CT molecular complexity index is 686. The molecule has 2 aromatic rings. The Labute approximate surface area is 148 Å². The summed E-state index contributed by atoms with van der Waals surface area (Å²) in [5.74, 6) is -0.281. The summed E-state index contributed by atoms with van der Waals surface area (Å²) in [6, 6.07) is 13.0. The number of nitrogens with one attached hydrogen (secondary N) is 1. The molecule has 0 bridgehead atoms. The largest absolute Gasteiger partial charge is 0.345 e. The van der Waals surface area contributed by atoms with E-state index >= 15 is 0 Å². The van der Waals surface area contributed by atoms with Crippen molar-refractivity contribution in [1.82, 2.24) is 5.32 Å². The molecule has 0 aliphatic rings. The van der Waals surface area contributed by atoms with E-state index in [-0.39, 0.29) is 5.91 Å². The van der Waals surface area contributed by atoms with E-state index in [2.05, 4.69) is 27.9 Å². The monoisotopic (exact) mass is 431 g/mol. The maximum atomic E-state index is 12.9. The van der Waals surface area contributed by atoms with E-state index in [1.54, 1.807) is 26.0 Å². The van der Waals surface area contributed by atoms with Gasteiger partial charge in [0.05, 0.1) is 5.54 Å². The third-order valence-corrected chi connectivity index (χ3v) is 4.00. The minimum Gasteiger partial charge on any atom is -0.345 e. The smallest absolute Gasteiger partial charge is 0.251 e. The molecule has 0 heterocycles. The lowest BCUT2D eigenvalue weighted by molar-refractivity contribution is 0.0899. The van der Waals surface area contributed by atoms with E-state index in [1.165, 1.54) is 0 Å². The Morgan fingerprint density at radius 2 is 1.82 bits per heavy atom. The Kier molecular flexibility index (Phi) is 5.45. The van der Waals surface area contributed by atoms with Crippen molar-refractivity contribution in [1.29, 1.82) is 0 Å². The van der Waals surface area contributed by atoms with Gasteiger partial charge in [0, 0.05) is 14.2 Å². The summed E-state index contributed by atoms with van der Waals surface area (Å²) in [4.78, 5) is 12.3. The van der Waals surface area contributed by atoms with Gasteiger partial charge in [-0.2, -0.15) is 0 Å². The molecule has 0 spiro atoms. The van der Waals surface area contributed by atoms with Crippen molar-refractivity contribution in [3.05, 3.63) is 56.6 Å². The molecule has 22 heavy (non-hydrogen) atoms. The second-order valence-electron chi connectivity index (χ2n) is 5.71. The van der Waals surface area contributed by atoms with Gasteiger partial charge in [-0.15, -0.1) is 0 Å². The number of rotatable bonds is 4. The summed E-state index contributed by atoms with van der Waals surface area (Å²) in [6.07, 6.45) is 0. The second kappa shape index (κ2) is 6.96. The molecule has 116 valence electrons. The van der Waals surface area contributed by atoms with Crippen LogP contribution in [0.1, 0.15) is 24.2 Å². The molecule has 2 aromatic carbocycles. The Morgan fingerprint density at radius 3 is 2.41 bits per heavy atom. The van der Waals surface area contributed by atoms with Crippen LogP contribution >= 0.6 is 34.2 Å². The van der Waals surface area contributed by atoms with E-state index < -0.39 is 12.2 Å². The van der Waals surface area contributed by atoms with Gasteiger partial charge in [-0.05, 0) is 77.9 Å².